The third kappa shape index (κ3) is 4.00. The van der Waals surface area contributed by atoms with Crippen molar-refractivity contribution in [3.63, 3.8) is 0 Å². The number of aromatic nitrogens is 2. The van der Waals surface area contributed by atoms with E-state index >= 15 is 0 Å². The van der Waals surface area contributed by atoms with E-state index in [1.165, 1.54) is 16.4 Å². The molecule has 162 valence electrons. The lowest BCUT2D eigenvalue weighted by atomic mass is 10.2. The van der Waals surface area contributed by atoms with Gasteiger partial charge in [-0.3, -0.25) is 4.79 Å². The Kier molecular flexibility index (Phi) is 5.93. The van der Waals surface area contributed by atoms with E-state index in [-0.39, 0.29) is 10.8 Å². The average Bonchev–Trinajstić information content (AvgIpc) is 3.38. The molecule has 0 saturated carbocycles. The monoisotopic (exact) mass is 438 g/mol. The molecule has 1 aromatic heterocycles. The maximum Gasteiger partial charge on any atom is 0.256 e. The van der Waals surface area contributed by atoms with Crippen LogP contribution in [0.1, 0.15) is 41.9 Å². The molecular weight excluding hydrogens is 412 g/mol. The first-order valence-corrected chi connectivity index (χ1v) is 12.0. The van der Waals surface area contributed by atoms with Gasteiger partial charge in [0.2, 0.25) is 10.0 Å². The zero-order chi connectivity index (χ0) is 22.0. The molecule has 2 aromatic carbocycles. The number of fused-ring (bicyclic) bond motifs is 1. The number of hydrogen-bond donors (Lipinski definition) is 1. The van der Waals surface area contributed by atoms with Crippen LogP contribution in [0, 0.1) is 0 Å². The predicted molar refractivity (Wildman–Crippen MR) is 120 cm³/mol. The van der Waals surface area contributed by atoms with Crippen molar-refractivity contribution < 1.29 is 13.2 Å². The molecule has 0 bridgehead atoms. The SMILES string of the molecule is CCN(CC)S(=O)(=O)c1ccc(C(=O)Nc2c3c(nn2-c2ccccc2)CCC3)cc1. The third-order valence-corrected chi connectivity index (χ3v) is 7.66. The molecule has 0 saturated heterocycles. The number of amides is 1. The second-order valence-electron chi connectivity index (χ2n) is 7.44. The summed E-state index contributed by atoms with van der Waals surface area (Å²) in [4.78, 5) is 13.2. The van der Waals surface area contributed by atoms with E-state index in [0.717, 1.165) is 36.2 Å². The summed E-state index contributed by atoms with van der Waals surface area (Å²) in [6.45, 7) is 4.40. The van der Waals surface area contributed by atoms with E-state index in [1.807, 2.05) is 30.3 Å². The lowest BCUT2D eigenvalue weighted by Gasteiger charge is -2.18. The van der Waals surface area contributed by atoms with Crippen molar-refractivity contribution in [3.8, 4) is 5.69 Å². The van der Waals surface area contributed by atoms with Gasteiger partial charge in [0.1, 0.15) is 5.82 Å². The Balaban J connectivity index is 1.61. The minimum absolute atomic E-state index is 0.183. The van der Waals surface area contributed by atoms with Gasteiger partial charge < -0.3 is 5.32 Å². The summed E-state index contributed by atoms with van der Waals surface area (Å²) in [5, 5.41) is 7.72. The summed E-state index contributed by atoms with van der Waals surface area (Å²) in [5.74, 6) is 0.391. The summed E-state index contributed by atoms with van der Waals surface area (Å²) in [6.07, 6.45) is 2.79. The first-order chi connectivity index (χ1) is 15.0. The fourth-order valence-electron chi connectivity index (χ4n) is 3.95. The van der Waals surface area contributed by atoms with E-state index in [1.54, 1.807) is 30.7 Å². The Morgan fingerprint density at radius 2 is 1.71 bits per heavy atom. The van der Waals surface area contributed by atoms with Crippen molar-refractivity contribution >= 4 is 21.7 Å². The van der Waals surface area contributed by atoms with Crippen molar-refractivity contribution in [3.05, 3.63) is 71.4 Å². The van der Waals surface area contributed by atoms with E-state index in [4.69, 9.17) is 5.10 Å². The number of carbonyl (C=O) groups is 1. The first kappa shape index (κ1) is 21.3. The molecule has 1 heterocycles. The third-order valence-electron chi connectivity index (χ3n) is 5.60. The van der Waals surface area contributed by atoms with Crippen LogP contribution in [0.2, 0.25) is 0 Å². The molecule has 1 aliphatic rings. The molecule has 1 N–H and O–H groups in total. The normalized spacial score (nSPS) is 13.4. The molecule has 8 heteroatoms. The van der Waals surface area contributed by atoms with Crippen molar-refractivity contribution in [2.75, 3.05) is 18.4 Å². The van der Waals surface area contributed by atoms with Crippen LogP contribution < -0.4 is 5.32 Å². The number of sulfonamides is 1. The van der Waals surface area contributed by atoms with Gasteiger partial charge in [0.25, 0.3) is 5.91 Å². The van der Waals surface area contributed by atoms with Gasteiger partial charge in [0.05, 0.1) is 16.3 Å². The highest BCUT2D eigenvalue weighted by atomic mass is 32.2. The molecule has 0 radical (unpaired) electrons. The summed E-state index contributed by atoms with van der Waals surface area (Å²) in [6, 6.07) is 15.8. The van der Waals surface area contributed by atoms with Gasteiger partial charge in [0, 0.05) is 24.2 Å². The number of carbonyl (C=O) groups excluding carboxylic acids is 1. The van der Waals surface area contributed by atoms with Gasteiger partial charge in [-0.1, -0.05) is 32.0 Å². The molecular formula is C23H26N4O3S. The Hall–Kier alpha value is -2.97. The van der Waals surface area contributed by atoms with Crippen molar-refractivity contribution in [1.29, 1.82) is 0 Å². The topological polar surface area (TPSA) is 84.3 Å². The maximum atomic E-state index is 13.0. The molecule has 0 aliphatic heterocycles. The summed E-state index contributed by atoms with van der Waals surface area (Å²) in [5.41, 5.74) is 3.36. The van der Waals surface area contributed by atoms with E-state index in [2.05, 4.69) is 5.32 Å². The molecule has 3 aromatic rings. The Labute approximate surface area is 182 Å². The van der Waals surface area contributed by atoms with Gasteiger partial charge in [-0.25, -0.2) is 13.1 Å². The molecule has 7 nitrogen and oxygen atoms in total. The molecule has 1 aliphatic carbocycles. The lowest BCUT2D eigenvalue weighted by molar-refractivity contribution is 0.102. The number of rotatable bonds is 7. The van der Waals surface area contributed by atoms with Crippen molar-refractivity contribution in [2.24, 2.45) is 0 Å². The number of hydrogen-bond acceptors (Lipinski definition) is 4. The minimum atomic E-state index is -3.56. The Morgan fingerprint density at radius 1 is 1.03 bits per heavy atom. The van der Waals surface area contributed by atoms with Crippen LogP contribution in [-0.4, -0.2) is 41.5 Å². The highest BCUT2D eigenvalue weighted by molar-refractivity contribution is 7.89. The summed E-state index contributed by atoms with van der Waals surface area (Å²) in [7, 11) is -3.56. The molecule has 1 amide bonds. The molecule has 0 spiro atoms. The maximum absolute atomic E-state index is 13.0. The molecule has 4 rings (SSSR count). The number of anilines is 1. The molecule has 0 atom stereocenters. The van der Waals surface area contributed by atoms with Gasteiger partial charge in [-0.15, -0.1) is 0 Å². The van der Waals surface area contributed by atoms with Crippen LogP contribution >= 0.6 is 0 Å². The lowest BCUT2D eigenvalue weighted by Crippen LogP contribution is -2.30. The molecule has 0 fully saturated rings. The fraction of sp³-hybridized carbons (Fsp3) is 0.304. The number of benzene rings is 2. The summed E-state index contributed by atoms with van der Waals surface area (Å²) >= 11 is 0. The zero-order valence-electron chi connectivity index (χ0n) is 17.7. The minimum Gasteiger partial charge on any atom is -0.306 e. The van der Waals surface area contributed by atoms with E-state index in [0.29, 0.717) is 24.5 Å². The smallest absolute Gasteiger partial charge is 0.256 e. The van der Waals surface area contributed by atoms with Crippen LogP contribution in [0.4, 0.5) is 5.82 Å². The summed E-state index contributed by atoms with van der Waals surface area (Å²) < 4.78 is 28.5. The Bertz CT molecular complexity index is 1180. The Morgan fingerprint density at radius 3 is 2.35 bits per heavy atom. The highest BCUT2D eigenvalue weighted by Gasteiger charge is 2.25. The molecule has 0 unspecified atom stereocenters. The standard InChI is InChI=1S/C23H26N4O3S/c1-3-26(4-2)31(29,30)19-15-13-17(14-16-19)23(28)24-22-20-11-8-12-21(20)25-27(22)18-9-6-5-7-10-18/h5-7,9-10,13-16H,3-4,8,11-12H2,1-2H3,(H,24,28). The fourth-order valence-corrected chi connectivity index (χ4v) is 5.40. The predicted octanol–water partition coefficient (Wildman–Crippen LogP) is 3.64. The van der Waals surface area contributed by atoms with Gasteiger partial charge in [-0.2, -0.15) is 9.40 Å². The van der Waals surface area contributed by atoms with Gasteiger partial charge >= 0.3 is 0 Å². The van der Waals surface area contributed by atoms with Crippen molar-refractivity contribution in [1.82, 2.24) is 14.1 Å². The number of nitrogens with one attached hydrogen (secondary N) is 1. The van der Waals surface area contributed by atoms with Crippen LogP contribution in [0.5, 0.6) is 0 Å². The van der Waals surface area contributed by atoms with Gasteiger partial charge in [-0.05, 0) is 55.7 Å². The number of aryl methyl sites for hydroxylation is 1. The van der Waals surface area contributed by atoms with Crippen LogP contribution in [0.15, 0.2) is 59.5 Å². The van der Waals surface area contributed by atoms with Crippen LogP contribution in [0.3, 0.4) is 0 Å². The number of para-hydroxylation sites is 1. The quantitative estimate of drug-likeness (QED) is 0.610. The van der Waals surface area contributed by atoms with Gasteiger partial charge in [0.15, 0.2) is 0 Å². The first-order valence-electron chi connectivity index (χ1n) is 10.5. The molecule has 31 heavy (non-hydrogen) atoms. The van der Waals surface area contributed by atoms with E-state index < -0.39 is 10.0 Å². The zero-order valence-corrected chi connectivity index (χ0v) is 18.5. The average molecular weight is 439 g/mol. The second kappa shape index (κ2) is 8.64. The van der Waals surface area contributed by atoms with Crippen molar-refractivity contribution in [2.45, 2.75) is 38.0 Å². The number of nitrogens with zero attached hydrogens (tertiary/aromatic N) is 3. The second-order valence-corrected chi connectivity index (χ2v) is 9.38. The van der Waals surface area contributed by atoms with Crippen LogP contribution in [0.25, 0.3) is 5.69 Å². The highest BCUT2D eigenvalue weighted by Crippen LogP contribution is 2.31. The largest absolute Gasteiger partial charge is 0.306 e. The van der Waals surface area contributed by atoms with E-state index in [9.17, 15) is 13.2 Å². The van der Waals surface area contributed by atoms with Crippen LogP contribution in [-0.2, 0) is 22.9 Å².